The lowest BCUT2D eigenvalue weighted by molar-refractivity contribution is 0.266. The van der Waals surface area contributed by atoms with E-state index in [1.165, 1.54) is 22.5 Å². The summed E-state index contributed by atoms with van der Waals surface area (Å²) in [5, 5.41) is 0. The highest BCUT2D eigenvalue weighted by molar-refractivity contribution is 7.89. The maximum Gasteiger partial charge on any atom is 0.243 e. The topological polar surface area (TPSA) is 63.4 Å². The molecule has 0 amide bonds. The van der Waals surface area contributed by atoms with Crippen LogP contribution in [0.5, 0.6) is 0 Å². The number of benzene rings is 1. The van der Waals surface area contributed by atoms with E-state index in [2.05, 4.69) is 0 Å². The molecule has 4 nitrogen and oxygen atoms in total. The van der Waals surface area contributed by atoms with Crippen LogP contribution in [-0.4, -0.2) is 32.4 Å². The predicted octanol–water partition coefficient (Wildman–Crippen LogP) is 2.52. The zero-order valence-corrected chi connectivity index (χ0v) is 14.0. The van der Waals surface area contributed by atoms with E-state index in [0.717, 1.165) is 0 Å². The normalized spacial score (nSPS) is 12.9. The molecule has 0 saturated carbocycles. The van der Waals surface area contributed by atoms with E-state index >= 15 is 0 Å². The molecule has 0 aliphatic carbocycles. The molecular formula is C15H25FN2O2S. The van der Waals surface area contributed by atoms with Gasteiger partial charge < -0.3 is 5.73 Å². The molecule has 0 unspecified atom stereocenters. The van der Waals surface area contributed by atoms with Crippen molar-refractivity contribution in [2.75, 3.05) is 19.6 Å². The number of nitrogens with zero attached hydrogens (tertiary/aromatic N) is 1. The van der Waals surface area contributed by atoms with Crippen LogP contribution in [0.4, 0.5) is 4.39 Å². The Bertz CT molecular complexity index is 585. The highest BCUT2D eigenvalue weighted by Crippen LogP contribution is 2.25. The number of rotatable bonds is 7. The molecule has 1 aromatic rings. The highest BCUT2D eigenvalue weighted by atomic mass is 32.2. The van der Waals surface area contributed by atoms with Crippen LogP contribution in [0.1, 0.15) is 32.8 Å². The summed E-state index contributed by atoms with van der Waals surface area (Å²) in [5.74, 6) is -0.434. The summed E-state index contributed by atoms with van der Waals surface area (Å²) in [6.45, 7) is 8.55. The summed E-state index contributed by atoms with van der Waals surface area (Å²) in [4.78, 5) is 0.158. The number of hydrogen-bond acceptors (Lipinski definition) is 3. The van der Waals surface area contributed by atoms with Crippen LogP contribution in [0.3, 0.4) is 0 Å². The highest BCUT2D eigenvalue weighted by Gasteiger charge is 2.30. The van der Waals surface area contributed by atoms with E-state index < -0.39 is 15.8 Å². The van der Waals surface area contributed by atoms with E-state index in [4.69, 9.17) is 5.73 Å². The van der Waals surface area contributed by atoms with Crippen molar-refractivity contribution in [1.29, 1.82) is 0 Å². The second kappa shape index (κ2) is 6.85. The van der Waals surface area contributed by atoms with Gasteiger partial charge in [0.25, 0.3) is 0 Å². The maximum atomic E-state index is 13.2. The molecular weight excluding hydrogens is 291 g/mol. The van der Waals surface area contributed by atoms with Crippen LogP contribution < -0.4 is 5.73 Å². The summed E-state index contributed by atoms with van der Waals surface area (Å²) >= 11 is 0. The van der Waals surface area contributed by atoms with Gasteiger partial charge in [0.15, 0.2) is 0 Å². The van der Waals surface area contributed by atoms with E-state index in [-0.39, 0.29) is 10.3 Å². The van der Waals surface area contributed by atoms with Crippen molar-refractivity contribution in [2.45, 2.75) is 39.0 Å². The molecule has 0 fully saturated rings. The molecule has 0 aliphatic heterocycles. The number of aryl methyl sites for hydroxylation is 1. The van der Waals surface area contributed by atoms with Crippen LogP contribution in [0.15, 0.2) is 23.1 Å². The van der Waals surface area contributed by atoms with E-state index in [9.17, 15) is 12.8 Å². The Morgan fingerprint density at radius 3 is 2.43 bits per heavy atom. The van der Waals surface area contributed by atoms with Crippen molar-refractivity contribution < 1.29 is 12.8 Å². The lowest BCUT2D eigenvalue weighted by atomic mass is 9.94. The molecule has 0 saturated heterocycles. The average molecular weight is 316 g/mol. The van der Waals surface area contributed by atoms with Gasteiger partial charge in [-0.05, 0) is 49.1 Å². The van der Waals surface area contributed by atoms with Gasteiger partial charge in [0.2, 0.25) is 10.0 Å². The lowest BCUT2D eigenvalue weighted by Crippen LogP contribution is -2.42. The van der Waals surface area contributed by atoms with Crippen LogP contribution in [-0.2, 0) is 10.0 Å². The molecule has 120 valence electrons. The Morgan fingerprint density at radius 2 is 1.95 bits per heavy atom. The fourth-order valence-corrected chi connectivity index (χ4v) is 4.04. The summed E-state index contributed by atoms with van der Waals surface area (Å²) in [6, 6.07) is 3.75. The van der Waals surface area contributed by atoms with Gasteiger partial charge in [0.1, 0.15) is 5.82 Å². The molecule has 21 heavy (non-hydrogen) atoms. The fourth-order valence-electron chi connectivity index (χ4n) is 2.12. The predicted molar refractivity (Wildman–Crippen MR) is 83.0 cm³/mol. The SMILES string of the molecule is CCCN(CC(C)(C)CN)S(=O)(=O)c1ccc(F)cc1C. The Balaban J connectivity index is 3.21. The zero-order chi connectivity index (χ0) is 16.3. The summed E-state index contributed by atoms with van der Waals surface area (Å²) < 4.78 is 40.3. The molecule has 0 heterocycles. The van der Waals surface area contributed by atoms with Gasteiger partial charge in [0, 0.05) is 13.1 Å². The standard InChI is InChI=1S/C15H25FN2O2S/c1-5-8-18(11-15(3,4)10-17)21(19,20)14-7-6-13(16)9-12(14)2/h6-7,9H,5,8,10-11,17H2,1-4H3. The lowest BCUT2D eigenvalue weighted by Gasteiger charge is -2.31. The van der Waals surface area contributed by atoms with Gasteiger partial charge in [-0.15, -0.1) is 0 Å². The third-order valence-electron chi connectivity index (χ3n) is 3.38. The molecule has 0 radical (unpaired) electrons. The number of hydrogen-bond donors (Lipinski definition) is 1. The summed E-state index contributed by atoms with van der Waals surface area (Å²) in [7, 11) is -3.64. The number of halogens is 1. The van der Waals surface area contributed by atoms with Crippen molar-refractivity contribution in [2.24, 2.45) is 11.1 Å². The van der Waals surface area contributed by atoms with Crippen LogP contribution in [0.2, 0.25) is 0 Å². The zero-order valence-electron chi connectivity index (χ0n) is 13.2. The average Bonchev–Trinajstić information content (AvgIpc) is 2.37. The first-order chi connectivity index (χ1) is 9.64. The Kier molecular flexibility index (Phi) is 5.90. The van der Waals surface area contributed by atoms with Crippen molar-refractivity contribution >= 4 is 10.0 Å². The quantitative estimate of drug-likeness (QED) is 0.840. The molecule has 6 heteroatoms. The van der Waals surface area contributed by atoms with Crippen molar-refractivity contribution in [3.63, 3.8) is 0 Å². The van der Waals surface area contributed by atoms with Gasteiger partial charge in [0.05, 0.1) is 4.90 Å². The Morgan fingerprint density at radius 1 is 1.33 bits per heavy atom. The van der Waals surface area contributed by atoms with Crippen LogP contribution >= 0.6 is 0 Å². The molecule has 0 atom stereocenters. The molecule has 0 bridgehead atoms. The van der Waals surface area contributed by atoms with Gasteiger partial charge in [-0.1, -0.05) is 20.8 Å². The molecule has 0 spiro atoms. The first-order valence-corrected chi connectivity index (χ1v) is 8.54. The van der Waals surface area contributed by atoms with E-state index in [1.54, 1.807) is 6.92 Å². The first-order valence-electron chi connectivity index (χ1n) is 7.10. The van der Waals surface area contributed by atoms with Gasteiger partial charge >= 0.3 is 0 Å². The minimum absolute atomic E-state index is 0.158. The molecule has 0 aromatic heterocycles. The third-order valence-corrected chi connectivity index (χ3v) is 5.39. The number of sulfonamides is 1. The molecule has 1 aromatic carbocycles. The van der Waals surface area contributed by atoms with Crippen molar-refractivity contribution in [1.82, 2.24) is 4.31 Å². The minimum Gasteiger partial charge on any atom is -0.330 e. The van der Waals surface area contributed by atoms with Gasteiger partial charge in [-0.2, -0.15) is 4.31 Å². The monoisotopic (exact) mass is 316 g/mol. The molecule has 0 aliphatic rings. The first kappa shape index (κ1) is 18.1. The van der Waals surface area contributed by atoms with E-state index in [0.29, 0.717) is 31.6 Å². The van der Waals surface area contributed by atoms with Gasteiger partial charge in [-0.25, -0.2) is 12.8 Å². The van der Waals surface area contributed by atoms with Crippen LogP contribution in [0, 0.1) is 18.2 Å². The van der Waals surface area contributed by atoms with E-state index in [1.807, 2.05) is 20.8 Å². The summed E-state index contributed by atoms with van der Waals surface area (Å²) in [6.07, 6.45) is 0.708. The largest absolute Gasteiger partial charge is 0.330 e. The maximum absolute atomic E-state index is 13.2. The third kappa shape index (κ3) is 4.49. The number of nitrogens with two attached hydrogens (primary N) is 1. The second-order valence-electron chi connectivity index (χ2n) is 6.12. The van der Waals surface area contributed by atoms with Gasteiger partial charge in [-0.3, -0.25) is 0 Å². The summed E-state index contributed by atoms with van der Waals surface area (Å²) in [5.41, 5.74) is 5.82. The fraction of sp³-hybridized carbons (Fsp3) is 0.600. The molecule has 1 rings (SSSR count). The minimum atomic E-state index is -3.64. The smallest absolute Gasteiger partial charge is 0.243 e. The molecule has 2 N–H and O–H groups in total. The van der Waals surface area contributed by atoms with Crippen molar-refractivity contribution in [3.05, 3.63) is 29.6 Å². The van der Waals surface area contributed by atoms with Crippen molar-refractivity contribution in [3.8, 4) is 0 Å². The van der Waals surface area contributed by atoms with Crippen LogP contribution in [0.25, 0.3) is 0 Å². The second-order valence-corrected chi connectivity index (χ2v) is 8.02. The Labute approximate surface area is 127 Å². The Hall–Kier alpha value is -0.980.